The molecule has 1 aromatic carbocycles. The second kappa shape index (κ2) is 6.65. The standard InChI is InChI=1S/C11H15ClS2/c1-2-9(7-13)8-14-11-5-3-10(12)4-6-11/h3-6,9,13H,2,7-8H2,1H3. The number of hydrogen-bond acceptors (Lipinski definition) is 2. The van der Waals surface area contributed by atoms with Crippen LogP contribution in [0.5, 0.6) is 0 Å². The first-order chi connectivity index (χ1) is 6.76. The first-order valence-electron chi connectivity index (χ1n) is 4.75. The third-order valence-corrected chi connectivity index (χ3v) is 4.15. The highest BCUT2D eigenvalue weighted by Crippen LogP contribution is 2.23. The zero-order valence-corrected chi connectivity index (χ0v) is 10.7. The van der Waals surface area contributed by atoms with Crippen LogP contribution in [0.15, 0.2) is 29.2 Å². The van der Waals surface area contributed by atoms with E-state index in [1.165, 1.54) is 11.3 Å². The Hall–Kier alpha value is 0.210. The summed E-state index contributed by atoms with van der Waals surface area (Å²) in [7, 11) is 0. The van der Waals surface area contributed by atoms with Crippen molar-refractivity contribution < 1.29 is 0 Å². The Balaban J connectivity index is 2.41. The van der Waals surface area contributed by atoms with Crippen LogP contribution < -0.4 is 0 Å². The van der Waals surface area contributed by atoms with Crippen molar-refractivity contribution in [3.05, 3.63) is 29.3 Å². The summed E-state index contributed by atoms with van der Waals surface area (Å²) in [6.45, 7) is 2.21. The molecular formula is C11H15ClS2. The van der Waals surface area contributed by atoms with E-state index < -0.39 is 0 Å². The van der Waals surface area contributed by atoms with Crippen LogP contribution in [-0.4, -0.2) is 11.5 Å². The van der Waals surface area contributed by atoms with Gasteiger partial charge in [0.25, 0.3) is 0 Å². The number of hydrogen-bond donors (Lipinski definition) is 1. The highest BCUT2D eigenvalue weighted by molar-refractivity contribution is 7.99. The van der Waals surface area contributed by atoms with E-state index in [-0.39, 0.29) is 0 Å². The van der Waals surface area contributed by atoms with Gasteiger partial charge in [-0.1, -0.05) is 24.9 Å². The van der Waals surface area contributed by atoms with Crippen LogP contribution in [0.25, 0.3) is 0 Å². The van der Waals surface area contributed by atoms with E-state index in [2.05, 4.69) is 31.7 Å². The molecule has 0 aliphatic rings. The Morgan fingerprint density at radius 3 is 2.50 bits per heavy atom. The monoisotopic (exact) mass is 246 g/mol. The summed E-state index contributed by atoms with van der Waals surface area (Å²) >= 11 is 12.0. The lowest BCUT2D eigenvalue weighted by atomic mass is 10.2. The molecule has 0 heterocycles. The largest absolute Gasteiger partial charge is 0.179 e. The second-order valence-corrected chi connectivity index (χ2v) is 5.12. The van der Waals surface area contributed by atoms with Gasteiger partial charge in [0.15, 0.2) is 0 Å². The molecule has 0 fully saturated rings. The van der Waals surface area contributed by atoms with Crippen LogP contribution in [0, 0.1) is 5.92 Å². The van der Waals surface area contributed by atoms with E-state index in [1.807, 2.05) is 23.9 Å². The maximum Gasteiger partial charge on any atom is 0.0406 e. The lowest BCUT2D eigenvalue weighted by molar-refractivity contribution is 0.649. The van der Waals surface area contributed by atoms with Gasteiger partial charge in [0.2, 0.25) is 0 Å². The second-order valence-electron chi connectivity index (χ2n) is 3.22. The molecule has 0 radical (unpaired) electrons. The third kappa shape index (κ3) is 4.16. The highest BCUT2D eigenvalue weighted by Gasteiger charge is 2.04. The highest BCUT2D eigenvalue weighted by atomic mass is 35.5. The van der Waals surface area contributed by atoms with E-state index in [0.29, 0.717) is 5.92 Å². The number of thioether (sulfide) groups is 1. The lowest BCUT2D eigenvalue weighted by Crippen LogP contribution is -2.03. The first-order valence-corrected chi connectivity index (χ1v) is 6.75. The normalized spacial score (nSPS) is 12.8. The number of benzene rings is 1. The smallest absolute Gasteiger partial charge is 0.0406 e. The summed E-state index contributed by atoms with van der Waals surface area (Å²) in [5.74, 6) is 2.82. The van der Waals surface area contributed by atoms with Crippen molar-refractivity contribution in [1.82, 2.24) is 0 Å². The van der Waals surface area contributed by atoms with E-state index in [0.717, 1.165) is 16.5 Å². The van der Waals surface area contributed by atoms with Crippen molar-refractivity contribution in [2.75, 3.05) is 11.5 Å². The van der Waals surface area contributed by atoms with Crippen molar-refractivity contribution in [3.63, 3.8) is 0 Å². The molecule has 0 saturated carbocycles. The van der Waals surface area contributed by atoms with Gasteiger partial charge >= 0.3 is 0 Å². The quantitative estimate of drug-likeness (QED) is 0.594. The van der Waals surface area contributed by atoms with Gasteiger partial charge in [0, 0.05) is 15.7 Å². The van der Waals surface area contributed by atoms with Crippen LogP contribution >= 0.6 is 36.0 Å². The van der Waals surface area contributed by atoms with Gasteiger partial charge < -0.3 is 0 Å². The zero-order chi connectivity index (χ0) is 10.4. The molecule has 0 aromatic heterocycles. The number of halogens is 1. The van der Waals surface area contributed by atoms with Crippen molar-refractivity contribution in [2.24, 2.45) is 5.92 Å². The predicted octanol–water partition coefficient (Wildman–Crippen LogP) is 4.39. The zero-order valence-electron chi connectivity index (χ0n) is 8.24. The van der Waals surface area contributed by atoms with E-state index >= 15 is 0 Å². The van der Waals surface area contributed by atoms with E-state index in [9.17, 15) is 0 Å². The molecule has 0 N–H and O–H groups in total. The molecule has 3 heteroatoms. The predicted molar refractivity (Wildman–Crippen MR) is 69.8 cm³/mol. The Labute approximate surface area is 101 Å². The van der Waals surface area contributed by atoms with Gasteiger partial charge in [-0.3, -0.25) is 0 Å². The fourth-order valence-corrected chi connectivity index (χ4v) is 2.84. The molecule has 0 amide bonds. The summed E-state index contributed by atoms with van der Waals surface area (Å²) < 4.78 is 0. The van der Waals surface area contributed by atoms with Crippen LogP contribution in [0.2, 0.25) is 5.02 Å². The molecule has 0 nitrogen and oxygen atoms in total. The maximum absolute atomic E-state index is 5.81. The van der Waals surface area contributed by atoms with Gasteiger partial charge in [-0.2, -0.15) is 12.6 Å². The first kappa shape index (κ1) is 12.3. The molecule has 1 rings (SSSR count). The van der Waals surface area contributed by atoms with Gasteiger partial charge in [-0.05, 0) is 35.9 Å². The Kier molecular flexibility index (Phi) is 5.83. The van der Waals surface area contributed by atoms with Crippen LogP contribution in [0.4, 0.5) is 0 Å². The Morgan fingerprint density at radius 1 is 1.36 bits per heavy atom. The molecule has 0 bridgehead atoms. The average molecular weight is 247 g/mol. The SMILES string of the molecule is CCC(CS)CSc1ccc(Cl)cc1. The average Bonchev–Trinajstić information content (AvgIpc) is 2.22. The molecule has 78 valence electrons. The molecule has 1 aromatic rings. The van der Waals surface area contributed by atoms with Gasteiger partial charge in [0.05, 0.1) is 0 Å². The van der Waals surface area contributed by atoms with Crippen molar-refractivity contribution in [1.29, 1.82) is 0 Å². The van der Waals surface area contributed by atoms with Gasteiger partial charge in [-0.25, -0.2) is 0 Å². The minimum absolute atomic E-state index is 0.707. The minimum atomic E-state index is 0.707. The molecule has 1 atom stereocenters. The molecule has 1 unspecified atom stereocenters. The summed E-state index contributed by atoms with van der Waals surface area (Å²) in [5.41, 5.74) is 0. The van der Waals surface area contributed by atoms with Crippen molar-refractivity contribution in [2.45, 2.75) is 18.2 Å². The summed E-state index contributed by atoms with van der Waals surface area (Å²) in [5, 5.41) is 0.801. The molecule has 0 spiro atoms. The summed E-state index contributed by atoms with van der Waals surface area (Å²) in [6, 6.07) is 8.01. The maximum atomic E-state index is 5.81. The van der Waals surface area contributed by atoms with Crippen LogP contribution in [0.1, 0.15) is 13.3 Å². The topological polar surface area (TPSA) is 0 Å². The molecule has 0 saturated heterocycles. The number of thiol groups is 1. The molecule has 0 aliphatic heterocycles. The lowest BCUT2D eigenvalue weighted by Gasteiger charge is -2.10. The van der Waals surface area contributed by atoms with Crippen LogP contribution in [-0.2, 0) is 0 Å². The third-order valence-electron chi connectivity index (χ3n) is 2.13. The van der Waals surface area contributed by atoms with Gasteiger partial charge in [0.1, 0.15) is 0 Å². The molecule has 0 aliphatic carbocycles. The van der Waals surface area contributed by atoms with Crippen LogP contribution in [0.3, 0.4) is 0 Å². The van der Waals surface area contributed by atoms with Crippen molar-refractivity contribution in [3.8, 4) is 0 Å². The fourth-order valence-electron chi connectivity index (χ4n) is 1.04. The number of rotatable bonds is 5. The summed E-state index contributed by atoms with van der Waals surface area (Å²) in [4.78, 5) is 1.29. The fraction of sp³-hybridized carbons (Fsp3) is 0.455. The Morgan fingerprint density at radius 2 is 2.00 bits per heavy atom. The van der Waals surface area contributed by atoms with E-state index in [4.69, 9.17) is 11.6 Å². The minimum Gasteiger partial charge on any atom is -0.179 e. The summed E-state index contributed by atoms with van der Waals surface area (Å²) in [6.07, 6.45) is 1.20. The van der Waals surface area contributed by atoms with Gasteiger partial charge in [-0.15, -0.1) is 11.8 Å². The molecular weight excluding hydrogens is 232 g/mol. The van der Waals surface area contributed by atoms with E-state index in [1.54, 1.807) is 0 Å². The molecule has 14 heavy (non-hydrogen) atoms. The van der Waals surface area contributed by atoms with Crippen molar-refractivity contribution >= 4 is 36.0 Å². The Bertz CT molecular complexity index is 254.